The Labute approximate surface area is 165 Å². The predicted octanol–water partition coefficient (Wildman–Crippen LogP) is 3.26. The van der Waals surface area contributed by atoms with Gasteiger partial charge < -0.3 is 19.4 Å². The number of fused-ring (bicyclic) bond motifs is 1. The number of H-pyrrole nitrogens is 1. The lowest BCUT2D eigenvalue weighted by Crippen LogP contribution is -2.48. The SMILES string of the molecule is Cc1ccc(SCc2ccc(C(=O)N3Cc4[nH]cnc4CC3C(=O)O)o2)cc1. The zero-order valence-corrected chi connectivity index (χ0v) is 16.0. The fourth-order valence-electron chi connectivity index (χ4n) is 3.17. The number of aromatic nitrogens is 2. The smallest absolute Gasteiger partial charge is 0.326 e. The molecule has 2 N–H and O–H groups in total. The minimum absolute atomic E-state index is 0.147. The van der Waals surface area contributed by atoms with Gasteiger partial charge in [0.2, 0.25) is 0 Å². The van der Waals surface area contributed by atoms with Crippen molar-refractivity contribution in [3.63, 3.8) is 0 Å². The zero-order valence-electron chi connectivity index (χ0n) is 15.2. The molecule has 3 aromatic rings. The highest BCUT2D eigenvalue weighted by Gasteiger charge is 2.37. The lowest BCUT2D eigenvalue weighted by Gasteiger charge is -2.31. The Morgan fingerprint density at radius 2 is 2.07 bits per heavy atom. The topological polar surface area (TPSA) is 99.4 Å². The summed E-state index contributed by atoms with van der Waals surface area (Å²) in [6.07, 6.45) is 1.70. The van der Waals surface area contributed by atoms with Crippen molar-refractivity contribution >= 4 is 23.6 Å². The normalized spacial score (nSPS) is 16.0. The molecule has 1 aromatic carbocycles. The van der Waals surface area contributed by atoms with Crippen LogP contribution in [0.25, 0.3) is 0 Å². The summed E-state index contributed by atoms with van der Waals surface area (Å²) in [6, 6.07) is 10.6. The Hall–Kier alpha value is -3.00. The Kier molecular flexibility index (Phi) is 4.95. The summed E-state index contributed by atoms with van der Waals surface area (Å²) in [6.45, 7) is 2.20. The molecule has 0 bridgehead atoms. The number of aliphatic carboxylic acids is 1. The molecule has 1 atom stereocenters. The maximum Gasteiger partial charge on any atom is 0.326 e. The number of hydrogen-bond acceptors (Lipinski definition) is 5. The van der Waals surface area contributed by atoms with Crippen LogP contribution in [0.5, 0.6) is 0 Å². The van der Waals surface area contributed by atoms with E-state index in [0.29, 0.717) is 17.2 Å². The quantitative estimate of drug-likeness (QED) is 0.641. The number of carboxylic acids is 1. The summed E-state index contributed by atoms with van der Waals surface area (Å²) < 4.78 is 5.71. The van der Waals surface area contributed by atoms with Gasteiger partial charge in [0.05, 0.1) is 30.0 Å². The molecule has 1 unspecified atom stereocenters. The number of carboxylic acid groups (broad SMARTS) is 1. The van der Waals surface area contributed by atoms with E-state index < -0.39 is 17.9 Å². The van der Waals surface area contributed by atoms with E-state index in [1.807, 2.05) is 31.2 Å². The number of rotatable bonds is 5. The van der Waals surface area contributed by atoms with Gasteiger partial charge in [-0.1, -0.05) is 17.7 Å². The molecule has 0 radical (unpaired) electrons. The lowest BCUT2D eigenvalue weighted by molar-refractivity contribution is -0.142. The van der Waals surface area contributed by atoms with E-state index in [4.69, 9.17) is 4.42 Å². The number of thioether (sulfide) groups is 1. The molecule has 0 saturated heterocycles. The molecule has 0 fully saturated rings. The summed E-state index contributed by atoms with van der Waals surface area (Å²) in [4.78, 5) is 34.1. The molecule has 1 aliphatic heterocycles. The first-order chi connectivity index (χ1) is 13.5. The first-order valence-electron chi connectivity index (χ1n) is 8.84. The van der Waals surface area contributed by atoms with Gasteiger partial charge in [-0.15, -0.1) is 11.8 Å². The molecule has 0 aliphatic carbocycles. The maximum atomic E-state index is 12.9. The summed E-state index contributed by atoms with van der Waals surface area (Å²) in [5.74, 6) is -0.0830. The van der Waals surface area contributed by atoms with E-state index in [2.05, 4.69) is 9.97 Å². The molecule has 28 heavy (non-hydrogen) atoms. The van der Waals surface area contributed by atoms with Crippen LogP contribution in [0, 0.1) is 6.92 Å². The number of carbonyl (C=O) groups excluding carboxylic acids is 1. The first-order valence-corrected chi connectivity index (χ1v) is 9.83. The molecule has 2 aromatic heterocycles. The number of furan rings is 1. The molecule has 7 nitrogen and oxygen atoms in total. The average Bonchev–Trinajstić information content (AvgIpc) is 3.35. The number of carbonyl (C=O) groups is 2. The van der Waals surface area contributed by atoms with Crippen LogP contribution in [0.3, 0.4) is 0 Å². The third-order valence-electron chi connectivity index (χ3n) is 4.72. The van der Waals surface area contributed by atoms with Crippen molar-refractivity contribution in [2.45, 2.75) is 36.6 Å². The van der Waals surface area contributed by atoms with Crippen molar-refractivity contribution in [1.82, 2.24) is 14.9 Å². The minimum Gasteiger partial charge on any atom is -0.480 e. The molecule has 144 valence electrons. The summed E-state index contributed by atoms with van der Waals surface area (Å²) in [7, 11) is 0. The van der Waals surface area contributed by atoms with Gasteiger partial charge in [-0.25, -0.2) is 9.78 Å². The van der Waals surface area contributed by atoms with E-state index in [9.17, 15) is 14.7 Å². The molecule has 4 rings (SSSR count). The van der Waals surface area contributed by atoms with Gasteiger partial charge in [0.1, 0.15) is 11.8 Å². The first kappa shape index (κ1) is 18.4. The van der Waals surface area contributed by atoms with Crippen LogP contribution in [0.1, 0.15) is 33.3 Å². The van der Waals surface area contributed by atoms with Crippen molar-refractivity contribution < 1.29 is 19.1 Å². The van der Waals surface area contributed by atoms with Crippen molar-refractivity contribution in [2.24, 2.45) is 0 Å². The van der Waals surface area contributed by atoms with Crippen LogP contribution in [0.15, 0.2) is 52.0 Å². The van der Waals surface area contributed by atoms with Crippen molar-refractivity contribution in [1.29, 1.82) is 0 Å². The van der Waals surface area contributed by atoms with Crippen LogP contribution in [0.2, 0.25) is 0 Å². The largest absolute Gasteiger partial charge is 0.480 e. The number of nitrogens with one attached hydrogen (secondary N) is 1. The Morgan fingerprint density at radius 1 is 1.29 bits per heavy atom. The number of benzene rings is 1. The number of imidazole rings is 1. The second-order valence-corrected chi connectivity index (χ2v) is 7.74. The van der Waals surface area contributed by atoms with E-state index in [0.717, 1.165) is 10.6 Å². The molecular weight excluding hydrogens is 378 g/mol. The van der Waals surface area contributed by atoms with Crippen molar-refractivity contribution in [2.75, 3.05) is 0 Å². The second kappa shape index (κ2) is 7.55. The fourth-order valence-corrected chi connectivity index (χ4v) is 3.96. The van der Waals surface area contributed by atoms with Crippen LogP contribution >= 0.6 is 11.8 Å². The molecule has 0 spiro atoms. The number of aromatic amines is 1. The van der Waals surface area contributed by atoms with Gasteiger partial charge in [0.25, 0.3) is 5.91 Å². The maximum absolute atomic E-state index is 12.9. The Morgan fingerprint density at radius 3 is 2.82 bits per heavy atom. The highest BCUT2D eigenvalue weighted by atomic mass is 32.2. The van der Waals surface area contributed by atoms with Gasteiger partial charge >= 0.3 is 5.97 Å². The van der Waals surface area contributed by atoms with E-state index in [1.54, 1.807) is 23.9 Å². The van der Waals surface area contributed by atoms with Crippen LogP contribution in [0.4, 0.5) is 0 Å². The van der Waals surface area contributed by atoms with E-state index in [-0.39, 0.29) is 18.7 Å². The second-order valence-electron chi connectivity index (χ2n) is 6.69. The Bertz CT molecular complexity index is 1010. The number of aryl methyl sites for hydroxylation is 1. The zero-order chi connectivity index (χ0) is 19.7. The van der Waals surface area contributed by atoms with Gasteiger partial charge in [-0.2, -0.15) is 0 Å². The molecule has 0 saturated carbocycles. The van der Waals surface area contributed by atoms with E-state index >= 15 is 0 Å². The van der Waals surface area contributed by atoms with Crippen molar-refractivity contribution in [3.05, 3.63) is 71.2 Å². The van der Waals surface area contributed by atoms with Gasteiger partial charge in [0, 0.05) is 11.3 Å². The minimum atomic E-state index is -1.05. The standard InChI is InChI=1S/C20H19N3O4S/c1-12-2-5-14(6-3-12)28-10-13-4-7-18(27-13)19(24)23-9-16-15(21-11-22-16)8-17(23)20(25)26/h2-7,11,17H,8-10H2,1H3,(H,21,22)(H,25,26). The highest BCUT2D eigenvalue weighted by Crippen LogP contribution is 2.26. The van der Waals surface area contributed by atoms with Crippen LogP contribution in [-0.2, 0) is 23.5 Å². The predicted molar refractivity (Wildman–Crippen MR) is 103 cm³/mol. The molecule has 3 heterocycles. The molecular formula is C20H19N3O4S. The van der Waals surface area contributed by atoms with Crippen molar-refractivity contribution in [3.8, 4) is 0 Å². The van der Waals surface area contributed by atoms with E-state index in [1.165, 1.54) is 16.8 Å². The third kappa shape index (κ3) is 3.68. The highest BCUT2D eigenvalue weighted by molar-refractivity contribution is 7.98. The molecule has 1 aliphatic rings. The van der Waals surface area contributed by atoms with Gasteiger partial charge in [-0.05, 0) is 31.2 Å². The Balaban J connectivity index is 1.47. The average molecular weight is 397 g/mol. The van der Waals surface area contributed by atoms with Crippen LogP contribution in [-0.4, -0.2) is 37.9 Å². The third-order valence-corrected chi connectivity index (χ3v) is 5.75. The van der Waals surface area contributed by atoms with Crippen LogP contribution < -0.4 is 0 Å². The fraction of sp³-hybridized carbons (Fsp3) is 0.250. The van der Waals surface area contributed by atoms with Gasteiger partial charge in [-0.3, -0.25) is 4.79 Å². The lowest BCUT2D eigenvalue weighted by atomic mass is 10.0. The monoisotopic (exact) mass is 397 g/mol. The summed E-state index contributed by atoms with van der Waals surface area (Å²) >= 11 is 1.61. The molecule has 8 heteroatoms. The summed E-state index contributed by atoms with van der Waals surface area (Å²) in [5, 5.41) is 9.54. The number of amides is 1. The number of hydrogen-bond donors (Lipinski definition) is 2. The molecule has 1 amide bonds. The van der Waals surface area contributed by atoms with Gasteiger partial charge in [0.15, 0.2) is 5.76 Å². The number of nitrogens with zero attached hydrogens (tertiary/aromatic N) is 2. The summed E-state index contributed by atoms with van der Waals surface area (Å²) in [5.41, 5.74) is 2.64.